The highest BCUT2D eigenvalue weighted by Gasteiger charge is 2.36. The number of benzene rings is 1. The van der Waals surface area contributed by atoms with Crippen molar-refractivity contribution >= 4 is 45.9 Å². The molecule has 1 fully saturated rings. The summed E-state index contributed by atoms with van der Waals surface area (Å²) in [5.74, 6) is 0.589. The Morgan fingerprint density at radius 1 is 1.36 bits per heavy atom. The molecule has 7 heteroatoms. The molecule has 0 bridgehead atoms. The molecule has 2 rings (SSSR count). The zero-order chi connectivity index (χ0) is 17.4. The molecule has 0 aliphatic heterocycles. The molecule has 142 valence electrons. The predicted octanol–water partition coefficient (Wildman–Crippen LogP) is 4.12. The van der Waals surface area contributed by atoms with Crippen molar-refractivity contribution in [3.8, 4) is 0 Å². The Bertz CT molecular complexity index is 567. The van der Waals surface area contributed by atoms with Gasteiger partial charge in [-0.2, -0.15) is 0 Å². The molecule has 25 heavy (non-hydrogen) atoms. The first kappa shape index (κ1) is 22.6. The smallest absolute Gasteiger partial charge is 0.191 e. The molecule has 0 saturated heterocycles. The topological polar surface area (TPSA) is 45.7 Å². The number of rotatable bonds is 8. The minimum absolute atomic E-state index is 0. The second-order valence-electron chi connectivity index (χ2n) is 6.45. The molecule has 1 aromatic carbocycles. The summed E-state index contributed by atoms with van der Waals surface area (Å²) >= 11 is 3.22. The molecule has 0 aromatic heterocycles. The van der Waals surface area contributed by atoms with Gasteiger partial charge < -0.3 is 15.4 Å². The minimum atomic E-state index is -0.231. The molecular weight excluding hydrogens is 500 g/mol. The third-order valence-electron chi connectivity index (χ3n) is 4.80. The molecule has 4 nitrogen and oxygen atoms in total. The van der Waals surface area contributed by atoms with Crippen molar-refractivity contribution in [2.24, 2.45) is 10.4 Å². The number of aliphatic imine (C=N–C) groups is 1. The first-order valence-corrected chi connectivity index (χ1v) is 9.25. The fourth-order valence-electron chi connectivity index (χ4n) is 3.02. The Morgan fingerprint density at radius 2 is 2.12 bits per heavy atom. The van der Waals surface area contributed by atoms with E-state index in [9.17, 15) is 4.39 Å². The highest BCUT2D eigenvalue weighted by atomic mass is 127. The van der Waals surface area contributed by atoms with Gasteiger partial charge in [-0.1, -0.05) is 12.5 Å². The Balaban J connectivity index is 0.00000312. The summed E-state index contributed by atoms with van der Waals surface area (Å²) in [5, 5.41) is 6.77. The molecule has 0 heterocycles. The Hall–Kier alpha value is -0.410. The number of nitrogens with zero attached hydrogens (tertiary/aromatic N) is 1. The van der Waals surface area contributed by atoms with Gasteiger partial charge in [0.1, 0.15) is 5.82 Å². The molecule has 1 aliphatic carbocycles. The van der Waals surface area contributed by atoms with Crippen LogP contribution in [0.5, 0.6) is 0 Å². The van der Waals surface area contributed by atoms with E-state index in [1.807, 2.05) is 12.1 Å². The molecule has 2 N–H and O–H groups in total. The zero-order valence-electron chi connectivity index (χ0n) is 14.9. The van der Waals surface area contributed by atoms with Crippen LogP contribution in [0, 0.1) is 11.2 Å². The van der Waals surface area contributed by atoms with Crippen LogP contribution < -0.4 is 10.6 Å². The molecule has 1 aliphatic rings. The van der Waals surface area contributed by atoms with Crippen LogP contribution in [0.15, 0.2) is 27.7 Å². The summed E-state index contributed by atoms with van der Waals surface area (Å²) in [6, 6.07) is 5.12. The van der Waals surface area contributed by atoms with Crippen LogP contribution >= 0.6 is 39.9 Å². The fraction of sp³-hybridized carbons (Fsp3) is 0.611. The van der Waals surface area contributed by atoms with Gasteiger partial charge in [0.15, 0.2) is 5.96 Å². The second kappa shape index (κ2) is 11.3. The van der Waals surface area contributed by atoms with Crippen LogP contribution in [0.25, 0.3) is 0 Å². The molecule has 0 radical (unpaired) electrons. The van der Waals surface area contributed by atoms with E-state index in [1.165, 1.54) is 25.3 Å². The highest BCUT2D eigenvalue weighted by Crippen LogP contribution is 2.43. The van der Waals surface area contributed by atoms with Crippen LogP contribution in [0.4, 0.5) is 4.39 Å². The van der Waals surface area contributed by atoms with Crippen LogP contribution in [0.1, 0.15) is 31.2 Å². The van der Waals surface area contributed by atoms with Gasteiger partial charge in [-0.05, 0) is 64.7 Å². The van der Waals surface area contributed by atoms with Gasteiger partial charge in [0.05, 0.1) is 4.47 Å². The largest absolute Gasteiger partial charge is 0.385 e. The monoisotopic (exact) mass is 527 g/mol. The van der Waals surface area contributed by atoms with Crippen molar-refractivity contribution in [3.05, 3.63) is 34.1 Å². The van der Waals surface area contributed by atoms with Gasteiger partial charge in [-0.15, -0.1) is 24.0 Å². The lowest BCUT2D eigenvalue weighted by atomic mass is 9.67. The zero-order valence-corrected chi connectivity index (χ0v) is 18.8. The van der Waals surface area contributed by atoms with Crippen molar-refractivity contribution < 1.29 is 9.13 Å². The fourth-order valence-corrected chi connectivity index (χ4v) is 3.45. The van der Waals surface area contributed by atoms with E-state index in [2.05, 4.69) is 31.6 Å². The van der Waals surface area contributed by atoms with Crippen molar-refractivity contribution in [2.75, 3.05) is 33.9 Å². The maximum atomic E-state index is 13.2. The minimum Gasteiger partial charge on any atom is -0.385 e. The second-order valence-corrected chi connectivity index (χ2v) is 7.30. The highest BCUT2D eigenvalue weighted by molar-refractivity contribution is 14.0. The lowest BCUT2D eigenvalue weighted by Gasteiger charge is -2.42. The van der Waals surface area contributed by atoms with Crippen LogP contribution in [0.2, 0.25) is 0 Å². The van der Waals surface area contributed by atoms with Gasteiger partial charge in [0, 0.05) is 33.9 Å². The first-order valence-electron chi connectivity index (χ1n) is 8.46. The van der Waals surface area contributed by atoms with Gasteiger partial charge in [-0.3, -0.25) is 4.99 Å². The molecule has 0 spiro atoms. The van der Waals surface area contributed by atoms with E-state index in [0.717, 1.165) is 44.1 Å². The lowest BCUT2D eigenvalue weighted by molar-refractivity contribution is 0.0732. The summed E-state index contributed by atoms with van der Waals surface area (Å²) in [5.41, 5.74) is 1.44. The van der Waals surface area contributed by atoms with Crippen molar-refractivity contribution in [3.63, 3.8) is 0 Å². The first-order chi connectivity index (χ1) is 11.6. The maximum absolute atomic E-state index is 13.2. The molecule has 0 atom stereocenters. The van der Waals surface area contributed by atoms with Crippen molar-refractivity contribution in [2.45, 2.75) is 32.1 Å². The van der Waals surface area contributed by atoms with E-state index in [1.54, 1.807) is 14.2 Å². The Kier molecular flexibility index (Phi) is 10.3. The average Bonchev–Trinajstić information content (AvgIpc) is 2.55. The van der Waals surface area contributed by atoms with Crippen LogP contribution in [-0.4, -0.2) is 39.8 Å². The third kappa shape index (κ3) is 7.02. The van der Waals surface area contributed by atoms with E-state index < -0.39 is 0 Å². The van der Waals surface area contributed by atoms with E-state index in [4.69, 9.17) is 4.74 Å². The molecule has 1 aromatic rings. The number of ether oxygens (including phenoxy) is 1. The van der Waals surface area contributed by atoms with Gasteiger partial charge in [0.25, 0.3) is 0 Å². The summed E-state index contributed by atoms with van der Waals surface area (Å²) in [6.45, 7) is 2.49. The summed E-state index contributed by atoms with van der Waals surface area (Å²) < 4.78 is 19.0. The SMILES string of the molecule is CN=C(NCCc1ccc(F)c(Br)c1)NCC1(CCOC)CCC1.I. The summed E-state index contributed by atoms with van der Waals surface area (Å²) in [4.78, 5) is 4.29. The molecular formula is C18H28BrFIN3O. The van der Waals surface area contributed by atoms with E-state index >= 15 is 0 Å². The van der Waals surface area contributed by atoms with Gasteiger partial charge in [-0.25, -0.2) is 4.39 Å². The van der Waals surface area contributed by atoms with E-state index in [-0.39, 0.29) is 29.8 Å². The normalized spacial score (nSPS) is 15.9. The van der Waals surface area contributed by atoms with Gasteiger partial charge >= 0.3 is 0 Å². The lowest BCUT2D eigenvalue weighted by Crippen LogP contribution is -2.47. The number of nitrogens with one attached hydrogen (secondary N) is 2. The number of guanidine groups is 1. The Labute approximate surface area is 175 Å². The van der Waals surface area contributed by atoms with Crippen molar-refractivity contribution in [1.29, 1.82) is 0 Å². The number of hydrogen-bond acceptors (Lipinski definition) is 2. The Morgan fingerprint density at radius 3 is 2.68 bits per heavy atom. The maximum Gasteiger partial charge on any atom is 0.191 e. The van der Waals surface area contributed by atoms with Crippen molar-refractivity contribution in [1.82, 2.24) is 10.6 Å². The number of hydrogen-bond donors (Lipinski definition) is 2. The third-order valence-corrected chi connectivity index (χ3v) is 5.40. The van der Waals surface area contributed by atoms with Gasteiger partial charge in [0.2, 0.25) is 0 Å². The molecule has 0 amide bonds. The average molecular weight is 528 g/mol. The van der Waals surface area contributed by atoms with Crippen LogP contribution in [-0.2, 0) is 11.2 Å². The standard InChI is InChI=1S/C18H27BrFN3O.HI/c1-21-17(23-13-18(7-3-8-18)9-11-24-2)22-10-6-14-4-5-16(20)15(19)12-14;/h4-5,12H,3,6-11,13H2,1-2H3,(H2,21,22,23);1H. The molecule has 0 unspecified atom stereocenters. The quantitative estimate of drug-likeness (QED) is 0.304. The summed E-state index contributed by atoms with van der Waals surface area (Å²) in [7, 11) is 3.54. The van der Waals surface area contributed by atoms with E-state index in [0.29, 0.717) is 9.89 Å². The number of halogens is 3. The van der Waals surface area contributed by atoms with Crippen LogP contribution in [0.3, 0.4) is 0 Å². The summed E-state index contributed by atoms with van der Waals surface area (Å²) in [6.07, 6.45) is 5.72. The number of methoxy groups -OCH3 is 1. The predicted molar refractivity (Wildman–Crippen MR) is 115 cm³/mol. The molecule has 1 saturated carbocycles.